The largest absolute Gasteiger partial charge is 0.455 e. The molecule has 0 bridgehead atoms. The van der Waals surface area contributed by atoms with Gasteiger partial charge in [0.05, 0.1) is 22.7 Å². The summed E-state index contributed by atoms with van der Waals surface area (Å²) < 4.78 is 5.17. The predicted octanol–water partition coefficient (Wildman–Crippen LogP) is 5.31. The van der Waals surface area contributed by atoms with Crippen LogP contribution in [0, 0.1) is 0 Å². The number of anilines is 1. The Balaban J connectivity index is 1.44. The number of benzene rings is 1. The number of hydrogen-bond donors (Lipinski definition) is 1. The summed E-state index contributed by atoms with van der Waals surface area (Å²) in [4.78, 5) is 34.9. The molecule has 0 spiro atoms. The third-order valence-corrected chi connectivity index (χ3v) is 6.46. The number of amides is 1. The number of thiazole rings is 1. The number of esters is 1. The van der Waals surface area contributed by atoms with Gasteiger partial charge in [0, 0.05) is 16.6 Å². The molecule has 6 nitrogen and oxygen atoms in total. The molecule has 156 valence electrons. The molecular weight excluding hydrogens is 454 g/mol. The van der Waals surface area contributed by atoms with Crippen LogP contribution < -0.4 is 5.32 Å². The molecule has 0 aliphatic carbocycles. The number of hydrogen-bond acceptors (Lipinski definition) is 7. The maximum atomic E-state index is 12.4. The topological polar surface area (TPSA) is 81.2 Å². The number of thiophene rings is 1. The molecule has 1 aromatic carbocycles. The summed E-state index contributed by atoms with van der Waals surface area (Å²) in [6.07, 6.45) is 1.54. The van der Waals surface area contributed by atoms with Crippen LogP contribution in [0.3, 0.4) is 0 Å². The Hall–Kier alpha value is -3.07. The van der Waals surface area contributed by atoms with Crippen LogP contribution in [0.25, 0.3) is 21.1 Å². The summed E-state index contributed by atoms with van der Waals surface area (Å²) in [6, 6.07) is 17.0. The number of halogens is 1. The fourth-order valence-electron chi connectivity index (χ4n) is 2.78. The third-order valence-electron chi connectivity index (χ3n) is 4.17. The number of aromatic nitrogens is 2. The lowest BCUT2D eigenvalue weighted by Gasteiger charge is -2.07. The molecule has 0 unspecified atom stereocenters. The SMILES string of the molecule is O=C(COC(=O)Cc1sc(-c2ccccc2)nc1-c1cccs1)Nc1cccnc1Cl. The lowest BCUT2D eigenvalue weighted by molar-refractivity contribution is -0.146. The van der Waals surface area contributed by atoms with Crippen molar-refractivity contribution in [3.63, 3.8) is 0 Å². The first kappa shape index (κ1) is 21.2. The smallest absolute Gasteiger partial charge is 0.311 e. The fourth-order valence-corrected chi connectivity index (χ4v) is 4.81. The molecule has 0 atom stereocenters. The number of nitrogens with zero attached hydrogens (tertiary/aromatic N) is 2. The summed E-state index contributed by atoms with van der Waals surface area (Å²) in [6.45, 7) is -0.414. The number of pyridine rings is 1. The maximum absolute atomic E-state index is 12.4. The van der Waals surface area contributed by atoms with E-state index in [0.717, 1.165) is 26.0 Å². The van der Waals surface area contributed by atoms with Crippen LogP contribution in [0.15, 0.2) is 66.2 Å². The zero-order valence-electron chi connectivity index (χ0n) is 16.1. The zero-order valence-corrected chi connectivity index (χ0v) is 18.5. The van der Waals surface area contributed by atoms with Crippen molar-refractivity contribution in [3.05, 3.63) is 76.2 Å². The predicted molar refractivity (Wildman–Crippen MR) is 123 cm³/mol. The number of carbonyl (C=O) groups is 2. The Morgan fingerprint density at radius 2 is 1.90 bits per heavy atom. The highest BCUT2D eigenvalue weighted by molar-refractivity contribution is 7.17. The van der Waals surface area contributed by atoms with Crippen molar-refractivity contribution in [1.82, 2.24) is 9.97 Å². The van der Waals surface area contributed by atoms with Gasteiger partial charge >= 0.3 is 5.97 Å². The van der Waals surface area contributed by atoms with Crippen LogP contribution in [0.1, 0.15) is 4.88 Å². The van der Waals surface area contributed by atoms with Crippen molar-refractivity contribution >= 4 is 51.8 Å². The molecule has 9 heteroatoms. The Kier molecular flexibility index (Phi) is 6.71. The highest BCUT2D eigenvalue weighted by atomic mass is 35.5. The molecule has 0 aliphatic rings. The molecule has 0 saturated carbocycles. The number of carbonyl (C=O) groups excluding carboxylic acids is 2. The average Bonchev–Trinajstić information content (AvgIpc) is 3.45. The maximum Gasteiger partial charge on any atom is 0.311 e. The first-order chi connectivity index (χ1) is 15.1. The van der Waals surface area contributed by atoms with E-state index in [9.17, 15) is 9.59 Å². The standard InChI is InChI=1S/C22H16ClN3O3S2/c23-21-15(8-4-10-24-21)25-18(27)13-29-19(28)12-17-20(16-9-5-11-30-16)26-22(31-17)14-6-2-1-3-7-14/h1-11H,12-13H2,(H,25,27). The monoisotopic (exact) mass is 469 g/mol. The van der Waals surface area contributed by atoms with Crippen molar-refractivity contribution in [1.29, 1.82) is 0 Å². The Bertz CT molecular complexity index is 1190. The van der Waals surface area contributed by atoms with E-state index in [-0.39, 0.29) is 11.6 Å². The van der Waals surface area contributed by atoms with Crippen molar-refractivity contribution in [2.75, 3.05) is 11.9 Å². The first-order valence-electron chi connectivity index (χ1n) is 9.25. The fraction of sp³-hybridized carbons (Fsp3) is 0.0909. The molecule has 0 fully saturated rings. The second-order valence-electron chi connectivity index (χ2n) is 6.36. The van der Waals surface area contributed by atoms with Crippen LogP contribution in [0.2, 0.25) is 5.15 Å². The molecule has 4 rings (SSSR count). The van der Waals surface area contributed by atoms with Crippen molar-refractivity contribution < 1.29 is 14.3 Å². The zero-order chi connectivity index (χ0) is 21.6. The van der Waals surface area contributed by atoms with Gasteiger partial charge in [0.25, 0.3) is 5.91 Å². The molecule has 3 aromatic heterocycles. The highest BCUT2D eigenvalue weighted by Crippen LogP contribution is 2.36. The number of rotatable bonds is 7. The molecule has 3 heterocycles. The quantitative estimate of drug-likeness (QED) is 0.293. The number of ether oxygens (including phenoxy) is 1. The molecule has 1 N–H and O–H groups in total. The highest BCUT2D eigenvalue weighted by Gasteiger charge is 2.19. The van der Waals surface area contributed by atoms with E-state index >= 15 is 0 Å². The Morgan fingerprint density at radius 3 is 2.65 bits per heavy atom. The van der Waals surface area contributed by atoms with Crippen molar-refractivity contribution in [3.8, 4) is 21.1 Å². The molecule has 1 amide bonds. The lowest BCUT2D eigenvalue weighted by Crippen LogP contribution is -2.21. The van der Waals surface area contributed by atoms with Gasteiger partial charge in [-0.25, -0.2) is 9.97 Å². The molecular formula is C22H16ClN3O3S2. The second-order valence-corrected chi connectivity index (χ2v) is 8.75. The summed E-state index contributed by atoms with van der Waals surface area (Å²) in [7, 11) is 0. The summed E-state index contributed by atoms with van der Waals surface area (Å²) in [5.74, 6) is -0.996. The van der Waals surface area contributed by atoms with Crippen LogP contribution in [0.4, 0.5) is 5.69 Å². The van der Waals surface area contributed by atoms with Gasteiger partial charge in [0.15, 0.2) is 11.8 Å². The first-order valence-corrected chi connectivity index (χ1v) is 11.3. The minimum absolute atomic E-state index is 0.0265. The normalized spacial score (nSPS) is 10.6. The van der Waals surface area contributed by atoms with E-state index in [0.29, 0.717) is 5.69 Å². The van der Waals surface area contributed by atoms with Crippen LogP contribution >= 0.6 is 34.3 Å². The van der Waals surface area contributed by atoms with Gasteiger partial charge < -0.3 is 10.1 Å². The van der Waals surface area contributed by atoms with Crippen LogP contribution in [0.5, 0.6) is 0 Å². The van der Waals surface area contributed by atoms with Gasteiger partial charge in [-0.1, -0.05) is 48.0 Å². The van der Waals surface area contributed by atoms with E-state index in [1.165, 1.54) is 17.5 Å². The van der Waals surface area contributed by atoms with E-state index in [4.69, 9.17) is 21.3 Å². The molecule has 31 heavy (non-hydrogen) atoms. The summed E-state index contributed by atoms with van der Waals surface area (Å²) >= 11 is 8.92. The lowest BCUT2D eigenvalue weighted by atomic mass is 10.2. The summed E-state index contributed by atoms with van der Waals surface area (Å²) in [5, 5.41) is 5.53. The van der Waals surface area contributed by atoms with Gasteiger partial charge in [-0.2, -0.15) is 0 Å². The molecule has 0 radical (unpaired) electrons. The minimum atomic E-state index is -0.506. The van der Waals surface area contributed by atoms with Gasteiger partial charge in [0.2, 0.25) is 0 Å². The third kappa shape index (κ3) is 5.35. The molecule has 0 aliphatic heterocycles. The van der Waals surface area contributed by atoms with Crippen molar-refractivity contribution in [2.45, 2.75) is 6.42 Å². The van der Waals surface area contributed by atoms with E-state index in [1.54, 1.807) is 23.5 Å². The Labute approximate surface area is 191 Å². The van der Waals surface area contributed by atoms with Gasteiger partial charge in [-0.05, 0) is 23.6 Å². The van der Waals surface area contributed by atoms with Crippen molar-refractivity contribution in [2.24, 2.45) is 0 Å². The van der Waals surface area contributed by atoms with E-state index in [2.05, 4.69) is 10.3 Å². The van der Waals surface area contributed by atoms with Gasteiger partial charge in [0.1, 0.15) is 5.01 Å². The van der Waals surface area contributed by atoms with E-state index < -0.39 is 18.5 Å². The number of nitrogens with one attached hydrogen (secondary N) is 1. The van der Waals surface area contributed by atoms with E-state index in [1.807, 2.05) is 47.8 Å². The second kappa shape index (κ2) is 9.82. The average molecular weight is 470 g/mol. The van der Waals surface area contributed by atoms with Crippen LogP contribution in [-0.2, 0) is 20.7 Å². The molecule has 0 saturated heterocycles. The Morgan fingerprint density at radius 1 is 1.06 bits per heavy atom. The minimum Gasteiger partial charge on any atom is -0.455 e. The molecule has 4 aromatic rings. The summed E-state index contributed by atoms with van der Waals surface area (Å²) in [5.41, 5.74) is 2.11. The van der Waals surface area contributed by atoms with Crippen LogP contribution in [-0.4, -0.2) is 28.5 Å². The van der Waals surface area contributed by atoms with Gasteiger partial charge in [-0.15, -0.1) is 22.7 Å². The van der Waals surface area contributed by atoms with Gasteiger partial charge in [-0.3, -0.25) is 9.59 Å².